The molecule has 1 rings (SSSR count). The van der Waals surface area contributed by atoms with E-state index in [1.807, 2.05) is 12.1 Å². The van der Waals surface area contributed by atoms with Gasteiger partial charge >= 0.3 is 0 Å². The van der Waals surface area contributed by atoms with Gasteiger partial charge in [0, 0.05) is 0 Å². The maximum atomic E-state index is 9.43. The standard InChI is InChI=1S/C14H21ClO2/c1-4-5-10(2)9-17-14-7-6-12(11(3)16)8-13(14)15/h6-8,10-11,16H,4-5,9H2,1-3H3/t10?,11-/m0/s1. The maximum absolute atomic E-state index is 9.43. The van der Waals surface area contributed by atoms with E-state index in [9.17, 15) is 5.11 Å². The summed E-state index contributed by atoms with van der Waals surface area (Å²) >= 11 is 6.10. The van der Waals surface area contributed by atoms with Gasteiger partial charge in [0.25, 0.3) is 0 Å². The minimum absolute atomic E-state index is 0.499. The lowest BCUT2D eigenvalue weighted by atomic mass is 10.1. The van der Waals surface area contributed by atoms with Crippen molar-refractivity contribution in [1.82, 2.24) is 0 Å². The van der Waals surface area contributed by atoms with E-state index >= 15 is 0 Å². The van der Waals surface area contributed by atoms with E-state index in [-0.39, 0.29) is 0 Å². The Balaban J connectivity index is 2.60. The van der Waals surface area contributed by atoms with Gasteiger partial charge in [0.05, 0.1) is 17.7 Å². The molecule has 2 nitrogen and oxygen atoms in total. The van der Waals surface area contributed by atoms with E-state index in [1.165, 1.54) is 6.42 Å². The van der Waals surface area contributed by atoms with Gasteiger partial charge in [-0.3, -0.25) is 0 Å². The van der Waals surface area contributed by atoms with Crippen molar-refractivity contribution in [2.75, 3.05) is 6.61 Å². The van der Waals surface area contributed by atoms with Gasteiger partial charge in [0.1, 0.15) is 5.75 Å². The Morgan fingerprint density at radius 3 is 2.59 bits per heavy atom. The van der Waals surface area contributed by atoms with Crippen molar-refractivity contribution < 1.29 is 9.84 Å². The summed E-state index contributed by atoms with van der Waals surface area (Å²) in [5, 5.41) is 9.99. The van der Waals surface area contributed by atoms with Crippen molar-refractivity contribution >= 4 is 11.6 Å². The zero-order valence-corrected chi connectivity index (χ0v) is 11.5. The molecule has 0 aliphatic heterocycles. The fourth-order valence-electron chi connectivity index (χ4n) is 1.70. The normalized spacial score (nSPS) is 14.4. The molecular weight excluding hydrogens is 236 g/mol. The summed E-state index contributed by atoms with van der Waals surface area (Å²) in [6, 6.07) is 5.42. The number of aliphatic hydroxyl groups excluding tert-OH is 1. The summed E-state index contributed by atoms with van der Waals surface area (Å²) < 4.78 is 5.67. The van der Waals surface area contributed by atoms with Gasteiger partial charge in [-0.1, -0.05) is 37.9 Å². The van der Waals surface area contributed by atoms with Crippen LogP contribution in [0.4, 0.5) is 0 Å². The van der Waals surface area contributed by atoms with Gasteiger partial charge in [0.2, 0.25) is 0 Å². The van der Waals surface area contributed by atoms with Gasteiger partial charge in [-0.05, 0) is 37.0 Å². The first kappa shape index (κ1) is 14.3. The van der Waals surface area contributed by atoms with Crippen LogP contribution in [-0.4, -0.2) is 11.7 Å². The molecule has 0 saturated carbocycles. The highest BCUT2D eigenvalue weighted by Crippen LogP contribution is 2.28. The topological polar surface area (TPSA) is 29.5 Å². The van der Waals surface area contributed by atoms with Crippen LogP contribution in [0.3, 0.4) is 0 Å². The number of rotatable bonds is 6. The predicted molar refractivity (Wildman–Crippen MR) is 71.7 cm³/mol. The number of hydrogen-bond acceptors (Lipinski definition) is 2. The highest BCUT2D eigenvalue weighted by Gasteiger charge is 2.08. The van der Waals surface area contributed by atoms with Crippen LogP contribution in [0.1, 0.15) is 45.3 Å². The zero-order valence-electron chi connectivity index (χ0n) is 10.7. The second-order valence-corrected chi connectivity index (χ2v) is 4.98. The van der Waals surface area contributed by atoms with Crippen molar-refractivity contribution in [1.29, 1.82) is 0 Å². The van der Waals surface area contributed by atoms with Crippen LogP contribution in [0, 0.1) is 5.92 Å². The summed E-state index contributed by atoms with van der Waals surface area (Å²) in [5.41, 5.74) is 0.809. The molecule has 3 heteroatoms. The average molecular weight is 257 g/mol. The summed E-state index contributed by atoms with van der Waals surface area (Å²) in [5.74, 6) is 1.23. The largest absolute Gasteiger partial charge is 0.492 e. The molecule has 1 aromatic rings. The molecule has 0 bridgehead atoms. The van der Waals surface area contributed by atoms with Crippen LogP contribution < -0.4 is 4.74 Å². The first-order valence-corrected chi connectivity index (χ1v) is 6.52. The average Bonchev–Trinajstić information content (AvgIpc) is 2.27. The van der Waals surface area contributed by atoms with E-state index in [0.717, 1.165) is 12.0 Å². The molecule has 0 fully saturated rings. The Hall–Kier alpha value is -0.730. The minimum Gasteiger partial charge on any atom is -0.492 e. The molecule has 0 radical (unpaired) electrons. The summed E-state index contributed by atoms with van der Waals surface area (Å²) in [6.45, 7) is 6.74. The molecule has 2 atom stereocenters. The number of ether oxygens (including phenoxy) is 1. The van der Waals surface area contributed by atoms with Crippen LogP contribution in [-0.2, 0) is 0 Å². The van der Waals surface area contributed by atoms with Gasteiger partial charge in [-0.25, -0.2) is 0 Å². The zero-order chi connectivity index (χ0) is 12.8. The molecule has 0 spiro atoms. The van der Waals surface area contributed by atoms with E-state index in [2.05, 4.69) is 13.8 Å². The molecule has 1 N–H and O–H groups in total. The second-order valence-electron chi connectivity index (χ2n) is 4.57. The van der Waals surface area contributed by atoms with Crippen molar-refractivity contribution in [2.45, 2.75) is 39.7 Å². The van der Waals surface area contributed by atoms with E-state index in [1.54, 1.807) is 13.0 Å². The first-order valence-electron chi connectivity index (χ1n) is 6.14. The molecule has 0 amide bonds. The van der Waals surface area contributed by atoms with E-state index in [4.69, 9.17) is 16.3 Å². The third kappa shape index (κ3) is 4.57. The monoisotopic (exact) mass is 256 g/mol. The van der Waals surface area contributed by atoms with E-state index in [0.29, 0.717) is 23.3 Å². The van der Waals surface area contributed by atoms with Crippen LogP contribution in [0.15, 0.2) is 18.2 Å². The summed E-state index contributed by atoms with van der Waals surface area (Å²) in [4.78, 5) is 0. The summed E-state index contributed by atoms with van der Waals surface area (Å²) in [6.07, 6.45) is 1.82. The fraction of sp³-hybridized carbons (Fsp3) is 0.571. The molecule has 0 aliphatic carbocycles. The molecule has 0 aliphatic rings. The Morgan fingerprint density at radius 1 is 1.35 bits per heavy atom. The quantitative estimate of drug-likeness (QED) is 0.826. The van der Waals surface area contributed by atoms with Crippen molar-refractivity contribution in [2.24, 2.45) is 5.92 Å². The van der Waals surface area contributed by atoms with Gasteiger partial charge in [-0.15, -0.1) is 0 Å². The molecule has 1 aromatic carbocycles. The molecule has 96 valence electrons. The first-order chi connectivity index (χ1) is 8.04. The van der Waals surface area contributed by atoms with Crippen LogP contribution >= 0.6 is 11.6 Å². The molecule has 0 heterocycles. The van der Waals surface area contributed by atoms with E-state index < -0.39 is 6.10 Å². The Bertz CT molecular complexity index is 350. The summed E-state index contributed by atoms with van der Waals surface area (Å²) in [7, 11) is 0. The molecule has 1 unspecified atom stereocenters. The van der Waals surface area contributed by atoms with Gasteiger partial charge in [0.15, 0.2) is 0 Å². The van der Waals surface area contributed by atoms with Crippen LogP contribution in [0.2, 0.25) is 5.02 Å². The molecule has 0 aromatic heterocycles. The Kier molecular flexibility index (Phi) is 5.79. The number of aliphatic hydroxyl groups is 1. The van der Waals surface area contributed by atoms with Crippen molar-refractivity contribution in [3.05, 3.63) is 28.8 Å². The van der Waals surface area contributed by atoms with Gasteiger partial charge < -0.3 is 9.84 Å². The predicted octanol–water partition coefficient (Wildman–Crippen LogP) is 4.21. The Labute approximate surface area is 109 Å². The molecule has 0 saturated heterocycles. The minimum atomic E-state index is -0.499. The molecular formula is C14H21ClO2. The highest BCUT2D eigenvalue weighted by atomic mass is 35.5. The number of benzene rings is 1. The number of halogens is 1. The van der Waals surface area contributed by atoms with Crippen LogP contribution in [0.5, 0.6) is 5.75 Å². The van der Waals surface area contributed by atoms with Gasteiger partial charge in [-0.2, -0.15) is 0 Å². The fourth-order valence-corrected chi connectivity index (χ4v) is 1.95. The number of hydrogen-bond donors (Lipinski definition) is 1. The smallest absolute Gasteiger partial charge is 0.137 e. The third-order valence-corrected chi connectivity index (χ3v) is 3.04. The highest BCUT2D eigenvalue weighted by molar-refractivity contribution is 6.32. The SMILES string of the molecule is CCCC(C)COc1ccc([C@H](C)O)cc1Cl. The Morgan fingerprint density at radius 2 is 2.06 bits per heavy atom. The second kappa shape index (κ2) is 6.87. The lowest BCUT2D eigenvalue weighted by molar-refractivity contribution is 0.199. The van der Waals surface area contributed by atoms with Crippen LogP contribution in [0.25, 0.3) is 0 Å². The molecule has 17 heavy (non-hydrogen) atoms. The third-order valence-electron chi connectivity index (χ3n) is 2.74. The van der Waals surface area contributed by atoms with Crippen molar-refractivity contribution in [3.63, 3.8) is 0 Å². The lowest BCUT2D eigenvalue weighted by Crippen LogP contribution is -2.08. The maximum Gasteiger partial charge on any atom is 0.137 e. The lowest BCUT2D eigenvalue weighted by Gasteiger charge is -2.14. The van der Waals surface area contributed by atoms with Crippen molar-refractivity contribution in [3.8, 4) is 5.75 Å².